The highest BCUT2D eigenvalue weighted by Gasteiger charge is 2.41. The van der Waals surface area contributed by atoms with Crippen LogP contribution in [0.2, 0.25) is 0 Å². The molecule has 1 aromatic heterocycles. The number of likely N-dealkylation sites (tertiary alicyclic amines) is 1. The van der Waals surface area contributed by atoms with Gasteiger partial charge < -0.3 is 20.4 Å². The smallest absolute Gasteiger partial charge is 0.256 e. The molecule has 0 radical (unpaired) electrons. The second kappa shape index (κ2) is 8.14. The summed E-state index contributed by atoms with van der Waals surface area (Å²) in [5.41, 5.74) is 0.796. The van der Waals surface area contributed by atoms with Crippen LogP contribution in [0, 0.1) is 0 Å². The van der Waals surface area contributed by atoms with Gasteiger partial charge in [0.25, 0.3) is 5.91 Å². The van der Waals surface area contributed by atoms with Gasteiger partial charge in [0.1, 0.15) is 11.5 Å². The highest BCUT2D eigenvalue weighted by atomic mass is 16.2. The van der Waals surface area contributed by atoms with E-state index in [9.17, 15) is 14.4 Å². The van der Waals surface area contributed by atoms with Gasteiger partial charge in [0, 0.05) is 39.2 Å². The van der Waals surface area contributed by atoms with Crippen LogP contribution in [0.3, 0.4) is 0 Å². The maximum atomic E-state index is 12.7. The number of pyridine rings is 1. The van der Waals surface area contributed by atoms with Crippen LogP contribution < -0.4 is 10.6 Å². The Balaban J connectivity index is 1.41. The van der Waals surface area contributed by atoms with E-state index in [2.05, 4.69) is 15.6 Å². The van der Waals surface area contributed by atoms with Crippen LogP contribution in [0.1, 0.15) is 35.2 Å². The number of anilines is 1. The first-order valence-corrected chi connectivity index (χ1v) is 10.1. The number of carbonyl (C=O) groups is 3. The summed E-state index contributed by atoms with van der Waals surface area (Å²) in [6.45, 7) is 0.895. The van der Waals surface area contributed by atoms with Gasteiger partial charge in [-0.05, 0) is 24.1 Å². The van der Waals surface area contributed by atoms with Crippen molar-refractivity contribution in [2.45, 2.75) is 31.5 Å². The molecule has 3 heterocycles. The molecule has 1 fully saturated rings. The van der Waals surface area contributed by atoms with Crippen LogP contribution in [-0.4, -0.2) is 58.3 Å². The number of nitrogens with zero attached hydrogens (tertiary/aromatic N) is 3. The molecule has 1 aromatic carbocycles. The van der Waals surface area contributed by atoms with Crippen molar-refractivity contribution in [2.75, 3.05) is 25.5 Å². The Labute approximate surface area is 175 Å². The van der Waals surface area contributed by atoms with Crippen LogP contribution in [0.4, 0.5) is 5.82 Å². The zero-order valence-electron chi connectivity index (χ0n) is 16.9. The molecule has 0 saturated carbocycles. The lowest BCUT2D eigenvalue weighted by atomic mass is 9.97. The maximum absolute atomic E-state index is 12.7. The summed E-state index contributed by atoms with van der Waals surface area (Å²) in [4.78, 5) is 45.4. The van der Waals surface area contributed by atoms with Crippen LogP contribution in [0.15, 0.2) is 48.7 Å². The molecule has 0 aliphatic carbocycles. The lowest BCUT2D eigenvalue weighted by molar-refractivity contribution is -0.139. The topological polar surface area (TPSA) is 94.6 Å². The number of likely N-dealkylation sites (N-methyl/N-ethyl adjacent to an activating group) is 1. The molecule has 1 unspecified atom stereocenters. The van der Waals surface area contributed by atoms with Crippen LogP contribution in [-0.2, 0) is 16.1 Å². The molecule has 2 aliphatic rings. The molecule has 2 aromatic rings. The van der Waals surface area contributed by atoms with E-state index in [0.717, 1.165) is 5.56 Å². The predicted molar refractivity (Wildman–Crippen MR) is 111 cm³/mol. The summed E-state index contributed by atoms with van der Waals surface area (Å²) in [5.74, 6) is 0.129. The minimum atomic E-state index is -0.734. The Morgan fingerprint density at radius 2 is 1.93 bits per heavy atom. The Hall–Kier alpha value is -3.42. The monoisotopic (exact) mass is 407 g/mol. The maximum Gasteiger partial charge on any atom is 0.256 e. The quantitative estimate of drug-likeness (QED) is 0.803. The van der Waals surface area contributed by atoms with Gasteiger partial charge in [0.15, 0.2) is 0 Å². The highest BCUT2D eigenvalue weighted by Crippen LogP contribution is 2.30. The largest absolute Gasteiger partial charge is 0.347 e. The molecule has 2 aliphatic heterocycles. The molecule has 8 heteroatoms. The Morgan fingerprint density at radius 3 is 2.73 bits per heavy atom. The summed E-state index contributed by atoms with van der Waals surface area (Å²) in [5, 5.41) is 6.33. The zero-order chi connectivity index (χ0) is 21.1. The van der Waals surface area contributed by atoms with Gasteiger partial charge >= 0.3 is 0 Å². The fourth-order valence-corrected chi connectivity index (χ4v) is 3.93. The molecule has 1 saturated heterocycles. The molecule has 2 N–H and O–H groups in total. The number of rotatable bonds is 4. The molecule has 1 atom stereocenters. The lowest BCUT2D eigenvalue weighted by Gasteiger charge is -2.39. The van der Waals surface area contributed by atoms with E-state index in [4.69, 9.17) is 0 Å². The van der Waals surface area contributed by atoms with Crippen molar-refractivity contribution in [1.29, 1.82) is 0 Å². The Kier molecular flexibility index (Phi) is 5.39. The SMILES string of the molecule is CN(Cc1ccccc1)C(=O)CN1CCC2(CCC1=O)NC(=O)c1cccnc1N2. The summed E-state index contributed by atoms with van der Waals surface area (Å²) >= 11 is 0. The van der Waals surface area contributed by atoms with Gasteiger partial charge in [-0.2, -0.15) is 0 Å². The molecule has 1 spiro atoms. The summed E-state index contributed by atoms with van der Waals surface area (Å²) in [6.07, 6.45) is 2.81. The van der Waals surface area contributed by atoms with Gasteiger partial charge in [0.2, 0.25) is 11.8 Å². The molecule has 4 rings (SSSR count). The summed E-state index contributed by atoms with van der Waals surface area (Å²) in [7, 11) is 1.74. The third-order valence-electron chi connectivity index (χ3n) is 5.70. The molecule has 30 heavy (non-hydrogen) atoms. The third-order valence-corrected chi connectivity index (χ3v) is 5.70. The third kappa shape index (κ3) is 4.12. The van der Waals surface area contributed by atoms with Crippen molar-refractivity contribution in [2.24, 2.45) is 0 Å². The van der Waals surface area contributed by atoms with Crippen molar-refractivity contribution in [3.05, 3.63) is 59.8 Å². The van der Waals surface area contributed by atoms with Gasteiger partial charge in [-0.25, -0.2) is 4.98 Å². The van der Waals surface area contributed by atoms with E-state index in [1.165, 1.54) is 0 Å². The number of carbonyl (C=O) groups excluding carboxylic acids is 3. The summed E-state index contributed by atoms with van der Waals surface area (Å²) in [6, 6.07) is 13.2. The van der Waals surface area contributed by atoms with Crippen molar-refractivity contribution in [3.63, 3.8) is 0 Å². The van der Waals surface area contributed by atoms with Crippen molar-refractivity contribution in [1.82, 2.24) is 20.1 Å². The zero-order valence-corrected chi connectivity index (χ0v) is 16.9. The number of hydrogen-bond acceptors (Lipinski definition) is 5. The molecular formula is C22H25N5O3. The van der Waals surface area contributed by atoms with E-state index >= 15 is 0 Å². The molecular weight excluding hydrogens is 382 g/mol. The van der Waals surface area contributed by atoms with Crippen LogP contribution >= 0.6 is 0 Å². The van der Waals surface area contributed by atoms with E-state index in [-0.39, 0.29) is 30.7 Å². The number of benzene rings is 1. The van der Waals surface area contributed by atoms with Gasteiger partial charge in [-0.1, -0.05) is 30.3 Å². The van der Waals surface area contributed by atoms with Crippen molar-refractivity contribution < 1.29 is 14.4 Å². The molecule has 0 bridgehead atoms. The standard InChI is InChI=1S/C22H25N5O3/c1-26(14-16-6-3-2-4-7-16)19(29)15-27-13-11-22(10-9-18(27)28)24-20-17(21(30)25-22)8-5-12-23-20/h2-8,12H,9-11,13-15H2,1H3,(H,23,24)(H,25,30). The second-order valence-electron chi connectivity index (χ2n) is 7.86. The predicted octanol–water partition coefficient (Wildman–Crippen LogP) is 1.60. The number of aromatic nitrogens is 1. The van der Waals surface area contributed by atoms with Crippen molar-refractivity contribution in [3.8, 4) is 0 Å². The average molecular weight is 407 g/mol. The normalized spacial score (nSPS) is 20.8. The minimum absolute atomic E-state index is 0.0288. The van der Waals surface area contributed by atoms with Crippen LogP contribution in [0.25, 0.3) is 0 Å². The van der Waals surface area contributed by atoms with E-state index in [1.54, 1.807) is 35.2 Å². The van der Waals surface area contributed by atoms with Gasteiger partial charge in [-0.15, -0.1) is 0 Å². The minimum Gasteiger partial charge on any atom is -0.347 e. The first kappa shape index (κ1) is 19.9. The Bertz CT molecular complexity index is 964. The summed E-state index contributed by atoms with van der Waals surface area (Å²) < 4.78 is 0. The fraction of sp³-hybridized carbons (Fsp3) is 0.364. The van der Waals surface area contributed by atoms with Gasteiger partial charge in [0.05, 0.1) is 12.1 Å². The average Bonchev–Trinajstić information content (AvgIpc) is 2.89. The number of amides is 3. The number of fused-ring (bicyclic) bond motifs is 1. The van der Waals surface area contributed by atoms with E-state index < -0.39 is 5.66 Å². The Morgan fingerprint density at radius 1 is 1.13 bits per heavy atom. The first-order valence-electron chi connectivity index (χ1n) is 10.1. The van der Waals surface area contributed by atoms with E-state index in [0.29, 0.717) is 37.3 Å². The molecule has 3 amide bonds. The number of hydrogen-bond donors (Lipinski definition) is 2. The lowest BCUT2D eigenvalue weighted by Crippen LogP contribution is -2.58. The fourth-order valence-electron chi connectivity index (χ4n) is 3.93. The van der Waals surface area contributed by atoms with E-state index in [1.807, 2.05) is 30.3 Å². The molecule has 8 nitrogen and oxygen atoms in total. The van der Waals surface area contributed by atoms with Gasteiger partial charge in [-0.3, -0.25) is 14.4 Å². The molecule has 156 valence electrons. The number of nitrogens with one attached hydrogen (secondary N) is 2. The first-order chi connectivity index (χ1) is 14.5. The van der Waals surface area contributed by atoms with Crippen LogP contribution in [0.5, 0.6) is 0 Å². The highest BCUT2D eigenvalue weighted by molar-refractivity contribution is 6.01. The van der Waals surface area contributed by atoms with Crippen molar-refractivity contribution >= 4 is 23.5 Å². The second-order valence-corrected chi connectivity index (χ2v) is 7.86.